The molecule has 0 atom stereocenters. The maximum atomic E-state index is 5.98. The Bertz CT molecular complexity index is 1030. The number of rotatable bonds is 9. The van der Waals surface area contributed by atoms with Crippen LogP contribution in [0.5, 0.6) is 5.75 Å². The highest BCUT2D eigenvalue weighted by Crippen LogP contribution is 2.27. The second-order valence-electron chi connectivity index (χ2n) is 7.32. The van der Waals surface area contributed by atoms with Crippen LogP contribution in [0.3, 0.4) is 0 Å². The number of fused-ring (bicyclic) bond motifs is 1. The van der Waals surface area contributed by atoms with Crippen molar-refractivity contribution in [1.82, 2.24) is 25.7 Å². The molecule has 1 aliphatic rings. The molecule has 1 aliphatic heterocycles. The second-order valence-corrected chi connectivity index (χ2v) is 7.32. The van der Waals surface area contributed by atoms with Crippen molar-refractivity contribution >= 4 is 22.2 Å². The van der Waals surface area contributed by atoms with Crippen LogP contribution < -0.4 is 15.6 Å². The molecule has 6 nitrogen and oxygen atoms in total. The number of hydrogen-bond acceptors (Lipinski definition) is 5. The van der Waals surface area contributed by atoms with Gasteiger partial charge in [-0.25, -0.2) is 0 Å². The number of H-pyrrole nitrogens is 1. The van der Waals surface area contributed by atoms with Crippen molar-refractivity contribution in [1.29, 1.82) is 0 Å². The van der Waals surface area contributed by atoms with E-state index < -0.39 is 0 Å². The van der Waals surface area contributed by atoms with Crippen molar-refractivity contribution in [3.8, 4) is 5.75 Å². The maximum Gasteiger partial charge on any atom is 0.121 e. The van der Waals surface area contributed by atoms with E-state index in [9.17, 15) is 0 Å². The van der Waals surface area contributed by atoms with Crippen LogP contribution in [-0.4, -0.2) is 41.1 Å². The van der Waals surface area contributed by atoms with Crippen molar-refractivity contribution in [2.24, 2.45) is 0 Å². The van der Waals surface area contributed by atoms with Gasteiger partial charge in [0, 0.05) is 58.9 Å². The average Bonchev–Trinajstić information content (AvgIpc) is 3.23. The summed E-state index contributed by atoms with van der Waals surface area (Å²) in [7, 11) is 0. The summed E-state index contributed by atoms with van der Waals surface area (Å²) in [6, 6.07) is 12.4. The van der Waals surface area contributed by atoms with Gasteiger partial charge in [0.2, 0.25) is 0 Å². The third-order valence-corrected chi connectivity index (χ3v) is 5.41. The van der Waals surface area contributed by atoms with Gasteiger partial charge in [-0.05, 0) is 55.9 Å². The van der Waals surface area contributed by atoms with E-state index in [1.54, 1.807) is 12.4 Å². The van der Waals surface area contributed by atoms with Crippen molar-refractivity contribution in [2.75, 3.05) is 26.2 Å². The molecule has 156 valence electrons. The molecule has 3 N–H and O–H groups in total. The standard InChI is InChI=1S/C24H29N5O/c1-3-29(4-2)12-5-13-30-21-7-6-19-14-22(27-23(19)16-21)20-15-24(28-26-17-20)18-8-10-25-11-9-18/h6-11,14-17,26-28H,3-5,12-13H2,1-2H3. The van der Waals surface area contributed by atoms with Gasteiger partial charge in [0.15, 0.2) is 0 Å². The number of pyridine rings is 1. The van der Waals surface area contributed by atoms with Crippen LogP contribution in [-0.2, 0) is 0 Å². The Kier molecular flexibility index (Phi) is 6.35. The quantitative estimate of drug-likeness (QED) is 0.468. The highest BCUT2D eigenvalue weighted by molar-refractivity contribution is 5.90. The minimum Gasteiger partial charge on any atom is -0.493 e. The first-order valence-corrected chi connectivity index (χ1v) is 10.6. The molecule has 0 radical (unpaired) electrons. The highest BCUT2D eigenvalue weighted by atomic mass is 16.5. The molecule has 0 fully saturated rings. The maximum absolute atomic E-state index is 5.98. The van der Waals surface area contributed by atoms with Gasteiger partial charge in [-0.15, -0.1) is 0 Å². The molecule has 0 aliphatic carbocycles. The first-order valence-electron chi connectivity index (χ1n) is 10.6. The Balaban J connectivity index is 1.45. The summed E-state index contributed by atoms with van der Waals surface area (Å²) >= 11 is 0. The summed E-state index contributed by atoms with van der Waals surface area (Å²) in [5, 5.41) is 1.17. The van der Waals surface area contributed by atoms with Crippen molar-refractivity contribution in [3.05, 3.63) is 72.3 Å². The van der Waals surface area contributed by atoms with E-state index in [4.69, 9.17) is 4.74 Å². The van der Waals surface area contributed by atoms with Gasteiger partial charge in [0.05, 0.1) is 12.3 Å². The minimum absolute atomic E-state index is 0.731. The summed E-state index contributed by atoms with van der Waals surface area (Å²) in [5.41, 5.74) is 11.6. The number of hydrogen-bond donors (Lipinski definition) is 3. The Morgan fingerprint density at radius 3 is 2.67 bits per heavy atom. The molecule has 0 spiro atoms. The molecule has 0 unspecified atom stereocenters. The van der Waals surface area contributed by atoms with Gasteiger partial charge in [0.1, 0.15) is 5.75 Å². The summed E-state index contributed by atoms with van der Waals surface area (Å²) in [5.74, 6) is 0.904. The number of allylic oxidation sites excluding steroid dienone is 2. The predicted octanol–water partition coefficient (Wildman–Crippen LogP) is 4.16. The molecule has 0 saturated heterocycles. The molecular formula is C24H29N5O. The average molecular weight is 404 g/mol. The summed E-state index contributed by atoms with van der Waals surface area (Å²) < 4.78 is 5.98. The van der Waals surface area contributed by atoms with Crippen molar-refractivity contribution in [2.45, 2.75) is 20.3 Å². The number of ether oxygens (including phenoxy) is 1. The van der Waals surface area contributed by atoms with Gasteiger partial charge in [-0.1, -0.05) is 13.8 Å². The fourth-order valence-electron chi connectivity index (χ4n) is 3.64. The van der Waals surface area contributed by atoms with E-state index in [0.717, 1.165) is 66.5 Å². The van der Waals surface area contributed by atoms with Crippen LogP contribution in [0.1, 0.15) is 31.5 Å². The molecule has 0 bridgehead atoms. The molecular weight excluding hydrogens is 374 g/mol. The van der Waals surface area contributed by atoms with Gasteiger partial charge < -0.3 is 25.5 Å². The fraction of sp³-hybridized carbons (Fsp3) is 0.292. The number of hydrazine groups is 1. The number of benzene rings is 1. The molecule has 2 aromatic heterocycles. The van der Waals surface area contributed by atoms with Gasteiger partial charge in [-0.3, -0.25) is 4.98 Å². The summed E-state index contributed by atoms with van der Waals surface area (Å²) in [6.45, 7) is 8.38. The third kappa shape index (κ3) is 4.66. The Hall–Kier alpha value is -3.25. The topological polar surface area (TPSA) is 65.2 Å². The van der Waals surface area contributed by atoms with E-state index in [1.807, 2.05) is 24.4 Å². The lowest BCUT2D eigenvalue weighted by Crippen LogP contribution is -2.28. The molecule has 30 heavy (non-hydrogen) atoms. The zero-order valence-electron chi connectivity index (χ0n) is 17.6. The van der Waals surface area contributed by atoms with E-state index in [1.165, 1.54) is 5.39 Å². The highest BCUT2D eigenvalue weighted by Gasteiger charge is 2.11. The molecule has 1 aromatic carbocycles. The zero-order chi connectivity index (χ0) is 20.8. The SMILES string of the molecule is CCN(CC)CCCOc1ccc2cc(C3=CNNC(c4ccncc4)=C3)[nH]c2c1. The lowest BCUT2D eigenvalue weighted by atomic mass is 10.1. The monoisotopic (exact) mass is 403 g/mol. The zero-order valence-corrected chi connectivity index (χ0v) is 17.6. The Labute approximate surface area is 177 Å². The van der Waals surface area contributed by atoms with Crippen LogP contribution in [0.25, 0.3) is 22.2 Å². The lowest BCUT2D eigenvalue weighted by molar-refractivity contribution is 0.249. The van der Waals surface area contributed by atoms with Crippen LogP contribution in [0.15, 0.2) is 61.1 Å². The second kappa shape index (κ2) is 9.50. The third-order valence-electron chi connectivity index (χ3n) is 5.41. The molecule has 4 rings (SSSR count). The van der Waals surface area contributed by atoms with E-state index in [2.05, 4.69) is 63.8 Å². The smallest absolute Gasteiger partial charge is 0.121 e. The van der Waals surface area contributed by atoms with Crippen LogP contribution in [0.2, 0.25) is 0 Å². The largest absolute Gasteiger partial charge is 0.493 e. The molecule has 6 heteroatoms. The van der Waals surface area contributed by atoms with Crippen LogP contribution in [0.4, 0.5) is 0 Å². The van der Waals surface area contributed by atoms with Gasteiger partial charge in [0.25, 0.3) is 0 Å². The van der Waals surface area contributed by atoms with Gasteiger partial charge in [-0.2, -0.15) is 0 Å². The molecule has 3 aromatic rings. The number of aromatic amines is 1. The summed E-state index contributed by atoms with van der Waals surface area (Å²) in [4.78, 5) is 10.0. The Morgan fingerprint density at radius 2 is 1.87 bits per heavy atom. The molecule has 0 saturated carbocycles. The van der Waals surface area contributed by atoms with E-state index in [0.29, 0.717) is 0 Å². The molecule has 3 heterocycles. The van der Waals surface area contributed by atoms with Gasteiger partial charge >= 0.3 is 0 Å². The Morgan fingerprint density at radius 1 is 1.03 bits per heavy atom. The number of aromatic nitrogens is 2. The molecule has 0 amide bonds. The summed E-state index contributed by atoms with van der Waals surface area (Å²) in [6.07, 6.45) is 8.70. The first-order chi connectivity index (χ1) is 14.8. The first kappa shape index (κ1) is 20.0. The van der Waals surface area contributed by atoms with Crippen molar-refractivity contribution < 1.29 is 4.74 Å². The van der Waals surface area contributed by atoms with E-state index >= 15 is 0 Å². The van der Waals surface area contributed by atoms with Crippen molar-refractivity contribution in [3.63, 3.8) is 0 Å². The fourth-order valence-corrected chi connectivity index (χ4v) is 3.64. The van der Waals surface area contributed by atoms with Crippen LogP contribution in [0, 0.1) is 0 Å². The predicted molar refractivity (Wildman–Crippen MR) is 123 cm³/mol. The minimum atomic E-state index is 0.731. The lowest BCUT2D eigenvalue weighted by Gasteiger charge is -2.17. The number of nitrogens with zero attached hydrogens (tertiary/aromatic N) is 2. The van der Waals surface area contributed by atoms with Crippen LogP contribution >= 0.6 is 0 Å². The number of nitrogens with one attached hydrogen (secondary N) is 3. The normalized spacial score (nSPS) is 13.6. The van der Waals surface area contributed by atoms with E-state index in [-0.39, 0.29) is 0 Å².